The third kappa shape index (κ3) is 4.29. The summed E-state index contributed by atoms with van der Waals surface area (Å²) in [6.07, 6.45) is -0.577. The molecule has 4 aliphatic rings. The molecule has 33 heavy (non-hydrogen) atoms. The summed E-state index contributed by atoms with van der Waals surface area (Å²) in [5.74, 6) is 0.382. The lowest BCUT2D eigenvalue weighted by Gasteiger charge is -2.61. The van der Waals surface area contributed by atoms with E-state index in [4.69, 9.17) is 9.47 Å². The standard InChI is InChI=1S/C23H25F3N4O3/c1-12-28-16(7-17(31)30-23-8-13(9-23)10-23)18(22-32-5-6-33-22)21(29-12)27-11-14-3-2-4-15(19(14)24)20(25)26/h2-4,13,20,22H,5-11H2,1H3,(H,30,31)(H,27,28,29). The van der Waals surface area contributed by atoms with Crippen LogP contribution in [0.3, 0.4) is 0 Å². The highest BCUT2D eigenvalue weighted by atomic mass is 19.3. The molecule has 1 amide bonds. The lowest BCUT2D eigenvalue weighted by molar-refractivity contribution is -0.132. The molecule has 3 aliphatic carbocycles. The molecule has 1 aromatic heterocycles. The Bertz CT molecular complexity index is 1060. The van der Waals surface area contributed by atoms with Crippen molar-refractivity contribution in [2.45, 2.75) is 57.4 Å². The summed E-state index contributed by atoms with van der Waals surface area (Å²) >= 11 is 0. The van der Waals surface area contributed by atoms with Crippen molar-refractivity contribution in [1.82, 2.24) is 15.3 Å². The van der Waals surface area contributed by atoms with Gasteiger partial charge in [-0.15, -0.1) is 0 Å². The minimum Gasteiger partial charge on any atom is -0.365 e. The fourth-order valence-corrected chi connectivity index (χ4v) is 4.89. The molecule has 0 radical (unpaired) electrons. The first kappa shape index (κ1) is 22.1. The zero-order valence-corrected chi connectivity index (χ0v) is 18.2. The van der Waals surface area contributed by atoms with Crippen molar-refractivity contribution >= 4 is 11.7 Å². The van der Waals surface area contributed by atoms with Gasteiger partial charge in [0.15, 0.2) is 6.29 Å². The molecule has 2 bridgehead atoms. The van der Waals surface area contributed by atoms with E-state index in [2.05, 4.69) is 20.6 Å². The van der Waals surface area contributed by atoms with Crippen LogP contribution in [0, 0.1) is 18.7 Å². The van der Waals surface area contributed by atoms with Crippen molar-refractivity contribution in [2.24, 2.45) is 5.92 Å². The molecule has 7 nitrogen and oxygen atoms in total. The molecule has 4 fully saturated rings. The molecule has 1 aromatic carbocycles. The Labute approximate surface area is 189 Å². The van der Waals surface area contributed by atoms with E-state index in [0.717, 1.165) is 31.2 Å². The zero-order chi connectivity index (χ0) is 23.2. The number of ether oxygens (including phenoxy) is 2. The molecule has 6 rings (SSSR count). The predicted molar refractivity (Wildman–Crippen MR) is 112 cm³/mol. The zero-order valence-electron chi connectivity index (χ0n) is 18.2. The summed E-state index contributed by atoms with van der Waals surface area (Å²) in [5.41, 5.74) is 0.297. The summed E-state index contributed by atoms with van der Waals surface area (Å²) in [6, 6.07) is 3.88. The summed E-state index contributed by atoms with van der Waals surface area (Å²) < 4.78 is 52.0. The molecular formula is C23H25F3N4O3. The van der Waals surface area contributed by atoms with Crippen molar-refractivity contribution < 1.29 is 27.4 Å². The Morgan fingerprint density at radius 3 is 2.58 bits per heavy atom. The number of carbonyl (C=O) groups excluding carboxylic acids is 1. The second-order valence-electron chi connectivity index (χ2n) is 9.01. The lowest BCUT2D eigenvalue weighted by atomic mass is 9.50. The molecule has 0 atom stereocenters. The second kappa shape index (κ2) is 8.57. The number of aromatic nitrogens is 2. The van der Waals surface area contributed by atoms with Gasteiger partial charge in [-0.25, -0.2) is 23.1 Å². The van der Waals surface area contributed by atoms with Crippen molar-refractivity contribution in [1.29, 1.82) is 0 Å². The SMILES string of the molecule is Cc1nc(CC(=O)NC23CC(C2)C3)c(C2OCCO2)c(NCc2cccc(C(F)F)c2F)n1. The number of halogens is 3. The van der Waals surface area contributed by atoms with E-state index in [-0.39, 0.29) is 30.0 Å². The largest absolute Gasteiger partial charge is 0.365 e. The third-order valence-corrected chi connectivity index (χ3v) is 6.55. The number of alkyl halides is 2. The molecule has 0 unspecified atom stereocenters. The molecule has 176 valence electrons. The van der Waals surface area contributed by atoms with Gasteiger partial charge in [0.25, 0.3) is 6.43 Å². The smallest absolute Gasteiger partial charge is 0.266 e. The summed E-state index contributed by atoms with van der Waals surface area (Å²) in [7, 11) is 0. The van der Waals surface area contributed by atoms with E-state index >= 15 is 0 Å². The molecule has 2 N–H and O–H groups in total. The number of anilines is 1. The van der Waals surface area contributed by atoms with Crippen molar-refractivity contribution in [3.05, 3.63) is 52.2 Å². The lowest BCUT2D eigenvalue weighted by Crippen LogP contribution is -2.68. The summed E-state index contributed by atoms with van der Waals surface area (Å²) in [5, 5.41) is 6.14. The van der Waals surface area contributed by atoms with E-state index in [1.807, 2.05) is 0 Å². The first-order valence-corrected chi connectivity index (χ1v) is 11.0. The van der Waals surface area contributed by atoms with Gasteiger partial charge in [0.2, 0.25) is 5.91 Å². The maximum absolute atomic E-state index is 14.5. The summed E-state index contributed by atoms with van der Waals surface area (Å²) in [4.78, 5) is 21.6. The van der Waals surface area contributed by atoms with Crippen LogP contribution in [0.25, 0.3) is 0 Å². The highest BCUT2D eigenvalue weighted by molar-refractivity contribution is 5.80. The Morgan fingerprint density at radius 1 is 1.21 bits per heavy atom. The average molecular weight is 462 g/mol. The molecule has 0 spiro atoms. The van der Waals surface area contributed by atoms with E-state index in [0.29, 0.717) is 36.1 Å². The minimum atomic E-state index is -2.91. The molecule has 3 saturated carbocycles. The van der Waals surface area contributed by atoms with Gasteiger partial charge in [-0.2, -0.15) is 0 Å². The van der Waals surface area contributed by atoms with E-state index in [1.165, 1.54) is 12.1 Å². The van der Waals surface area contributed by atoms with E-state index in [9.17, 15) is 18.0 Å². The molecule has 2 heterocycles. The molecular weight excluding hydrogens is 437 g/mol. The molecule has 1 aliphatic heterocycles. The highest BCUT2D eigenvalue weighted by Gasteiger charge is 2.57. The predicted octanol–water partition coefficient (Wildman–Crippen LogP) is 3.73. The Kier molecular flexibility index (Phi) is 5.74. The van der Waals surface area contributed by atoms with Crippen molar-refractivity contribution in [3.63, 3.8) is 0 Å². The van der Waals surface area contributed by atoms with Gasteiger partial charge < -0.3 is 20.1 Å². The maximum atomic E-state index is 14.5. The highest BCUT2D eigenvalue weighted by Crippen LogP contribution is 2.56. The van der Waals surface area contributed by atoms with Crippen LogP contribution in [-0.2, 0) is 27.2 Å². The number of hydrogen-bond donors (Lipinski definition) is 2. The molecule has 1 saturated heterocycles. The average Bonchev–Trinajstić information content (AvgIpc) is 3.23. The van der Waals surface area contributed by atoms with Crippen molar-refractivity contribution in [2.75, 3.05) is 18.5 Å². The molecule has 10 heteroatoms. The van der Waals surface area contributed by atoms with Gasteiger partial charge in [0, 0.05) is 17.6 Å². The number of carbonyl (C=O) groups is 1. The van der Waals surface area contributed by atoms with E-state index < -0.39 is 24.1 Å². The number of hydrogen-bond acceptors (Lipinski definition) is 6. The number of nitrogens with zero attached hydrogens (tertiary/aromatic N) is 2. The van der Waals surface area contributed by atoms with Crippen LogP contribution in [0.15, 0.2) is 18.2 Å². The monoisotopic (exact) mass is 462 g/mol. The van der Waals surface area contributed by atoms with Crippen molar-refractivity contribution in [3.8, 4) is 0 Å². The number of amides is 1. The van der Waals surface area contributed by atoms with Crippen LogP contribution in [-0.4, -0.2) is 34.6 Å². The first-order chi connectivity index (χ1) is 15.8. The Balaban J connectivity index is 1.40. The van der Waals surface area contributed by atoms with Crippen LogP contribution in [0.2, 0.25) is 0 Å². The fourth-order valence-electron chi connectivity index (χ4n) is 4.89. The third-order valence-electron chi connectivity index (χ3n) is 6.55. The second-order valence-corrected chi connectivity index (χ2v) is 9.01. The quantitative estimate of drug-likeness (QED) is 0.622. The number of aryl methyl sites for hydroxylation is 1. The fraction of sp³-hybridized carbons (Fsp3) is 0.522. The van der Waals surface area contributed by atoms with Gasteiger partial charge in [0.05, 0.1) is 36.5 Å². The number of rotatable bonds is 8. The minimum absolute atomic E-state index is 0.0260. The van der Waals surface area contributed by atoms with Crippen LogP contribution in [0.4, 0.5) is 19.0 Å². The maximum Gasteiger partial charge on any atom is 0.266 e. The van der Waals surface area contributed by atoms with Crippen LogP contribution in [0.5, 0.6) is 0 Å². The van der Waals surface area contributed by atoms with Crippen LogP contribution in [0.1, 0.15) is 60.2 Å². The Hall–Kier alpha value is -2.72. The van der Waals surface area contributed by atoms with Gasteiger partial charge in [-0.3, -0.25) is 4.79 Å². The normalized spacial score (nSPS) is 23.8. The topological polar surface area (TPSA) is 85.4 Å². The van der Waals surface area contributed by atoms with Gasteiger partial charge in [-0.05, 0) is 32.1 Å². The van der Waals surface area contributed by atoms with Gasteiger partial charge >= 0.3 is 0 Å². The number of benzene rings is 1. The van der Waals surface area contributed by atoms with Crippen LogP contribution < -0.4 is 10.6 Å². The number of nitrogens with one attached hydrogen (secondary N) is 2. The van der Waals surface area contributed by atoms with Gasteiger partial charge in [-0.1, -0.05) is 18.2 Å². The van der Waals surface area contributed by atoms with Gasteiger partial charge in [0.1, 0.15) is 17.5 Å². The molecule has 2 aromatic rings. The first-order valence-electron chi connectivity index (χ1n) is 11.0. The Morgan fingerprint density at radius 2 is 1.94 bits per heavy atom. The van der Waals surface area contributed by atoms with Crippen LogP contribution >= 0.6 is 0 Å². The summed E-state index contributed by atoms with van der Waals surface area (Å²) in [6.45, 7) is 2.35. The van der Waals surface area contributed by atoms with E-state index in [1.54, 1.807) is 6.92 Å².